The van der Waals surface area contributed by atoms with Gasteiger partial charge in [0.05, 0.1) is 6.42 Å². The van der Waals surface area contributed by atoms with E-state index in [4.69, 9.17) is 11.6 Å². The third kappa shape index (κ3) is 3.78. The molecule has 1 amide bonds. The topological polar surface area (TPSA) is 54.9 Å². The van der Waals surface area contributed by atoms with Crippen LogP contribution < -0.4 is 5.32 Å². The first-order chi connectivity index (χ1) is 8.63. The molecular weight excluding hydrogens is 318 g/mol. The number of benzene rings is 1. The maximum absolute atomic E-state index is 11.7. The molecule has 0 aliphatic rings. The fourth-order valence-electron chi connectivity index (χ4n) is 1.35. The number of hydrogen-bond acceptors (Lipinski definition) is 3. The second-order valence-electron chi connectivity index (χ2n) is 3.55. The number of amides is 1. The van der Waals surface area contributed by atoms with Crippen molar-refractivity contribution in [2.24, 2.45) is 0 Å². The Hall–Kier alpha value is -1.46. The van der Waals surface area contributed by atoms with E-state index in [0.29, 0.717) is 5.15 Å². The van der Waals surface area contributed by atoms with Crippen LogP contribution in [0.5, 0.6) is 0 Å². The molecule has 0 saturated carbocycles. The van der Waals surface area contributed by atoms with Crippen molar-refractivity contribution in [3.63, 3.8) is 0 Å². The van der Waals surface area contributed by atoms with Gasteiger partial charge in [-0.05, 0) is 23.8 Å². The Morgan fingerprint density at radius 1 is 1.28 bits per heavy atom. The van der Waals surface area contributed by atoms with Crippen LogP contribution in [0, 0.1) is 0 Å². The molecular formula is C12H9BrClN3O. The van der Waals surface area contributed by atoms with Gasteiger partial charge in [-0.3, -0.25) is 10.1 Å². The maximum Gasteiger partial charge on any atom is 0.231 e. The summed E-state index contributed by atoms with van der Waals surface area (Å²) in [5.41, 5.74) is 0.915. The number of nitrogens with zero attached hydrogens (tertiary/aromatic N) is 2. The molecule has 1 heterocycles. The molecule has 0 aliphatic carbocycles. The molecule has 0 fully saturated rings. The fraction of sp³-hybridized carbons (Fsp3) is 0.0833. The fourth-order valence-corrected chi connectivity index (χ4v) is 1.75. The van der Waals surface area contributed by atoms with Crippen LogP contribution in [0.25, 0.3) is 0 Å². The summed E-state index contributed by atoms with van der Waals surface area (Å²) in [6, 6.07) is 9.08. The zero-order valence-electron chi connectivity index (χ0n) is 9.23. The molecule has 0 bridgehead atoms. The standard InChI is InChI=1S/C12H9BrClN3O/c13-9-3-1-8(2-4-9)7-11(18)17-12-15-6-5-10(14)16-12/h1-6H,7H2,(H,15,16,17,18). The lowest BCUT2D eigenvalue weighted by Gasteiger charge is -2.03. The Balaban J connectivity index is 1.98. The smallest absolute Gasteiger partial charge is 0.231 e. The zero-order valence-corrected chi connectivity index (χ0v) is 11.6. The molecule has 1 aromatic carbocycles. The number of rotatable bonds is 3. The van der Waals surface area contributed by atoms with Crippen LogP contribution in [0.3, 0.4) is 0 Å². The number of hydrogen-bond donors (Lipinski definition) is 1. The summed E-state index contributed by atoms with van der Waals surface area (Å²) >= 11 is 9.04. The minimum Gasteiger partial charge on any atom is -0.294 e. The van der Waals surface area contributed by atoms with Crippen molar-refractivity contribution in [2.45, 2.75) is 6.42 Å². The highest BCUT2D eigenvalue weighted by Gasteiger charge is 2.06. The van der Waals surface area contributed by atoms with Crippen LogP contribution in [0.2, 0.25) is 5.15 Å². The van der Waals surface area contributed by atoms with E-state index in [1.54, 1.807) is 6.07 Å². The summed E-state index contributed by atoms with van der Waals surface area (Å²) in [4.78, 5) is 19.5. The molecule has 0 saturated heterocycles. The Morgan fingerprint density at radius 3 is 2.67 bits per heavy atom. The normalized spacial score (nSPS) is 10.1. The second-order valence-corrected chi connectivity index (χ2v) is 4.86. The molecule has 1 N–H and O–H groups in total. The molecule has 18 heavy (non-hydrogen) atoms. The van der Waals surface area contributed by atoms with Gasteiger partial charge in [0.1, 0.15) is 5.15 Å². The van der Waals surface area contributed by atoms with Crippen LogP contribution >= 0.6 is 27.5 Å². The highest BCUT2D eigenvalue weighted by molar-refractivity contribution is 9.10. The summed E-state index contributed by atoms with van der Waals surface area (Å²) < 4.78 is 0.977. The second kappa shape index (κ2) is 5.93. The Labute approximate surface area is 118 Å². The quantitative estimate of drug-likeness (QED) is 0.882. The molecule has 0 aliphatic heterocycles. The minimum atomic E-state index is -0.181. The van der Waals surface area contributed by atoms with E-state index in [0.717, 1.165) is 10.0 Å². The Kier molecular flexibility index (Phi) is 4.28. The summed E-state index contributed by atoms with van der Waals surface area (Å²) in [7, 11) is 0. The predicted molar refractivity (Wildman–Crippen MR) is 73.5 cm³/mol. The molecule has 2 rings (SSSR count). The van der Waals surface area contributed by atoms with Gasteiger partial charge in [-0.25, -0.2) is 9.97 Å². The van der Waals surface area contributed by atoms with Crippen molar-refractivity contribution in [3.8, 4) is 0 Å². The SMILES string of the molecule is O=C(Cc1ccc(Br)cc1)Nc1nccc(Cl)n1. The largest absolute Gasteiger partial charge is 0.294 e. The van der Waals surface area contributed by atoms with Crippen LogP contribution in [0.4, 0.5) is 5.95 Å². The first-order valence-corrected chi connectivity index (χ1v) is 6.33. The van der Waals surface area contributed by atoms with Crippen molar-refractivity contribution in [1.82, 2.24) is 9.97 Å². The number of anilines is 1. The molecule has 4 nitrogen and oxygen atoms in total. The third-order valence-electron chi connectivity index (χ3n) is 2.15. The molecule has 0 unspecified atom stereocenters. The third-order valence-corrected chi connectivity index (χ3v) is 2.89. The predicted octanol–water partition coefficient (Wildman–Crippen LogP) is 3.07. The molecule has 0 spiro atoms. The number of aromatic nitrogens is 2. The van der Waals surface area contributed by atoms with E-state index >= 15 is 0 Å². The molecule has 6 heteroatoms. The van der Waals surface area contributed by atoms with Crippen LogP contribution in [0.1, 0.15) is 5.56 Å². The molecule has 0 atom stereocenters. The highest BCUT2D eigenvalue weighted by atomic mass is 79.9. The summed E-state index contributed by atoms with van der Waals surface area (Å²) in [5, 5.41) is 2.88. The number of carbonyl (C=O) groups excluding carboxylic acids is 1. The molecule has 92 valence electrons. The van der Waals surface area contributed by atoms with Crippen LogP contribution in [-0.4, -0.2) is 15.9 Å². The van der Waals surface area contributed by atoms with Gasteiger partial charge in [0.15, 0.2) is 0 Å². The van der Waals surface area contributed by atoms with E-state index in [-0.39, 0.29) is 18.3 Å². The van der Waals surface area contributed by atoms with E-state index in [9.17, 15) is 4.79 Å². The van der Waals surface area contributed by atoms with Crippen LogP contribution in [-0.2, 0) is 11.2 Å². The van der Waals surface area contributed by atoms with Crippen molar-refractivity contribution in [1.29, 1.82) is 0 Å². The van der Waals surface area contributed by atoms with E-state index in [1.165, 1.54) is 6.20 Å². The zero-order chi connectivity index (χ0) is 13.0. The van der Waals surface area contributed by atoms with Crippen molar-refractivity contribution in [3.05, 3.63) is 51.7 Å². The minimum absolute atomic E-state index is 0.181. The Bertz CT molecular complexity index is 560. The van der Waals surface area contributed by atoms with Gasteiger partial charge in [-0.1, -0.05) is 39.7 Å². The van der Waals surface area contributed by atoms with Gasteiger partial charge in [0.25, 0.3) is 0 Å². The Morgan fingerprint density at radius 2 is 2.00 bits per heavy atom. The van der Waals surface area contributed by atoms with E-state index in [2.05, 4.69) is 31.2 Å². The lowest BCUT2D eigenvalue weighted by Crippen LogP contribution is -2.16. The van der Waals surface area contributed by atoms with Gasteiger partial charge in [0.2, 0.25) is 11.9 Å². The van der Waals surface area contributed by atoms with Crippen LogP contribution in [0.15, 0.2) is 41.0 Å². The first kappa shape index (κ1) is 13.0. The van der Waals surface area contributed by atoms with Crippen molar-refractivity contribution >= 4 is 39.4 Å². The first-order valence-electron chi connectivity index (χ1n) is 5.16. The lowest BCUT2D eigenvalue weighted by atomic mass is 10.1. The summed E-state index contributed by atoms with van der Waals surface area (Å²) in [6.07, 6.45) is 1.76. The average Bonchev–Trinajstić information content (AvgIpc) is 2.32. The lowest BCUT2D eigenvalue weighted by molar-refractivity contribution is -0.115. The number of carbonyl (C=O) groups is 1. The van der Waals surface area contributed by atoms with Gasteiger partial charge in [0, 0.05) is 10.7 Å². The maximum atomic E-state index is 11.7. The molecule has 1 aromatic heterocycles. The van der Waals surface area contributed by atoms with Gasteiger partial charge < -0.3 is 0 Å². The van der Waals surface area contributed by atoms with Crippen molar-refractivity contribution in [2.75, 3.05) is 5.32 Å². The number of nitrogens with one attached hydrogen (secondary N) is 1. The summed E-state index contributed by atoms with van der Waals surface area (Å²) in [6.45, 7) is 0. The molecule has 2 aromatic rings. The van der Waals surface area contributed by atoms with Crippen molar-refractivity contribution < 1.29 is 4.79 Å². The van der Waals surface area contributed by atoms with E-state index < -0.39 is 0 Å². The highest BCUT2D eigenvalue weighted by Crippen LogP contribution is 2.11. The van der Waals surface area contributed by atoms with Gasteiger partial charge >= 0.3 is 0 Å². The monoisotopic (exact) mass is 325 g/mol. The van der Waals surface area contributed by atoms with E-state index in [1.807, 2.05) is 24.3 Å². The summed E-state index contributed by atoms with van der Waals surface area (Å²) in [5.74, 6) is 0.0317. The van der Waals surface area contributed by atoms with Gasteiger partial charge in [-0.2, -0.15) is 0 Å². The molecule has 0 radical (unpaired) electrons. The average molecular weight is 327 g/mol. The number of halogens is 2. The van der Waals surface area contributed by atoms with Gasteiger partial charge in [-0.15, -0.1) is 0 Å².